The van der Waals surface area contributed by atoms with E-state index in [9.17, 15) is 13.2 Å². The monoisotopic (exact) mass is 440 g/mol. The van der Waals surface area contributed by atoms with Crippen molar-refractivity contribution in [3.63, 3.8) is 0 Å². The van der Waals surface area contributed by atoms with E-state index in [-0.39, 0.29) is 12.4 Å². The molecule has 4 nitrogen and oxygen atoms in total. The maximum Gasteiger partial charge on any atom is 0.416 e. The second-order valence-electron chi connectivity index (χ2n) is 7.86. The summed E-state index contributed by atoms with van der Waals surface area (Å²) in [5.41, 5.74) is 0.934. The van der Waals surface area contributed by atoms with Gasteiger partial charge in [0.2, 0.25) is 0 Å². The summed E-state index contributed by atoms with van der Waals surface area (Å²) in [4.78, 5) is 11.9. The summed E-state index contributed by atoms with van der Waals surface area (Å²) < 4.78 is 38.1. The Balaban J connectivity index is 0.00000256. The zero-order valence-corrected chi connectivity index (χ0v) is 17.8. The number of halogens is 4. The zero-order valence-electron chi connectivity index (χ0n) is 16.9. The van der Waals surface area contributed by atoms with Crippen LogP contribution in [0.5, 0.6) is 0 Å². The van der Waals surface area contributed by atoms with Gasteiger partial charge in [0.1, 0.15) is 5.82 Å². The quantitative estimate of drug-likeness (QED) is 0.687. The van der Waals surface area contributed by atoms with Gasteiger partial charge in [0, 0.05) is 51.0 Å². The number of piperazine rings is 1. The molecular formula is C22H28ClF3N4. The van der Waals surface area contributed by atoms with Gasteiger partial charge in [-0.1, -0.05) is 12.1 Å². The van der Waals surface area contributed by atoms with Crippen molar-refractivity contribution >= 4 is 18.2 Å². The molecule has 0 N–H and O–H groups in total. The topological polar surface area (TPSA) is 22.6 Å². The molecule has 4 rings (SSSR count). The Kier molecular flexibility index (Phi) is 7.60. The number of rotatable bonds is 5. The minimum atomic E-state index is -4.31. The third kappa shape index (κ3) is 5.65. The van der Waals surface area contributed by atoms with Crippen LogP contribution in [0, 0.1) is 0 Å². The Morgan fingerprint density at radius 1 is 0.733 bits per heavy atom. The van der Waals surface area contributed by atoms with Gasteiger partial charge in [-0.25, -0.2) is 4.98 Å². The zero-order chi connectivity index (χ0) is 20.3. The Bertz CT molecular complexity index is 782. The minimum Gasteiger partial charge on any atom is -0.354 e. The van der Waals surface area contributed by atoms with Crippen LogP contribution < -0.4 is 4.90 Å². The van der Waals surface area contributed by atoms with E-state index in [1.54, 1.807) is 6.20 Å². The Morgan fingerprint density at radius 2 is 1.30 bits per heavy atom. The third-order valence-electron chi connectivity index (χ3n) is 5.92. The fourth-order valence-corrected chi connectivity index (χ4v) is 4.09. The minimum absolute atomic E-state index is 0. The van der Waals surface area contributed by atoms with E-state index in [1.165, 1.54) is 44.6 Å². The van der Waals surface area contributed by atoms with Gasteiger partial charge in [-0.05, 0) is 55.8 Å². The van der Waals surface area contributed by atoms with Crippen molar-refractivity contribution < 1.29 is 13.2 Å². The highest BCUT2D eigenvalue weighted by Crippen LogP contribution is 2.31. The average Bonchev–Trinajstić information content (AvgIpc) is 3.26. The Hall–Kier alpha value is -1.83. The molecule has 0 aliphatic carbocycles. The number of benzene rings is 1. The van der Waals surface area contributed by atoms with E-state index in [4.69, 9.17) is 0 Å². The third-order valence-corrected chi connectivity index (χ3v) is 5.92. The Morgan fingerprint density at radius 3 is 1.83 bits per heavy atom. The van der Waals surface area contributed by atoms with Crippen molar-refractivity contribution in [1.29, 1.82) is 0 Å². The average molecular weight is 441 g/mol. The second-order valence-corrected chi connectivity index (χ2v) is 7.86. The van der Waals surface area contributed by atoms with Crippen LogP contribution in [0.4, 0.5) is 19.0 Å². The molecule has 0 radical (unpaired) electrons. The van der Waals surface area contributed by atoms with Crippen LogP contribution in [0.25, 0.3) is 11.1 Å². The van der Waals surface area contributed by atoms with Crippen molar-refractivity contribution in [1.82, 2.24) is 14.8 Å². The molecule has 0 saturated carbocycles. The summed E-state index contributed by atoms with van der Waals surface area (Å²) in [6.45, 7) is 8.77. The van der Waals surface area contributed by atoms with Gasteiger partial charge in [-0.15, -0.1) is 12.4 Å². The molecule has 2 aromatic rings. The van der Waals surface area contributed by atoms with Crippen LogP contribution in [0.3, 0.4) is 0 Å². The van der Waals surface area contributed by atoms with E-state index in [1.807, 2.05) is 12.1 Å². The number of hydrogen-bond acceptors (Lipinski definition) is 4. The van der Waals surface area contributed by atoms with Gasteiger partial charge in [0.15, 0.2) is 0 Å². The number of pyridine rings is 1. The van der Waals surface area contributed by atoms with E-state index in [0.29, 0.717) is 0 Å². The predicted octanol–water partition coefficient (Wildman–Crippen LogP) is 4.41. The molecule has 2 aliphatic heterocycles. The van der Waals surface area contributed by atoms with Gasteiger partial charge >= 0.3 is 6.18 Å². The predicted molar refractivity (Wildman–Crippen MR) is 116 cm³/mol. The second kappa shape index (κ2) is 9.98. The molecule has 0 amide bonds. The number of anilines is 1. The summed E-state index contributed by atoms with van der Waals surface area (Å²) in [5, 5.41) is 0. The van der Waals surface area contributed by atoms with Crippen molar-refractivity contribution in [3.8, 4) is 11.1 Å². The molecule has 164 valence electrons. The highest BCUT2D eigenvalue weighted by Gasteiger charge is 2.30. The summed E-state index contributed by atoms with van der Waals surface area (Å²) in [5.74, 6) is 0.930. The van der Waals surface area contributed by atoms with Crippen LogP contribution >= 0.6 is 12.4 Å². The molecule has 0 bridgehead atoms. The molecule has 2 saturated heterocycles. The molecule has 0 unspecified atom stereocenters. The molecule has 0 spiro atoms. The summed E-state index contributed by atoms with van der Waals surface area (Å²) in [6, 6.07) is 9.13. The number of likely N-dealkylation sites (tertiary alicyclic amines) is 1. The standard InChI is InChI=1S/C22H27F3N4.ClH/c23-22(24,25)20-6-3-18(4-7-20)19-5-8-21(26-17-19)29-15-13-28(14-16-29)12-11-27-9-1-2-10-27;/h3-8,17H,1-2,9-16H2;1H. The summed E-state index contributed by atoms with van der Waals surface area (Å²) >= 11 is 0. The first kappa shape index (κ1) is 22.8. The molecule has 2 fully saturated rings. The van der Waals surface area contributed by atoms with Crippen LogP contribution in [0.1, 0.15) is 18.4 Å². The number of aromatic nitrogens is 1. The van der Waals surface area contributed by atoms with Crippen LogP contribution in [-0.2, 0) is 6.18 Å². The largest absolute Gasteiger partial charge is 0.416 e. The number of nitrogens with zero attached hydrogens (tertiary/aromatic N) is 4. The van der Waals surface area contributed by atoms with E-state index >= 15 is 0 Å². The first-order valence-corrected chi connectivity index (χ1v) is 10.3. The van der Waals surface area contributed by atoms with E-state index in [2.05, 4.69) is 19.7 Å². The van der Waals surface area contributed by atoms with Gasteiger partial charge < -0.3 is 9.80 Å². The molecular weight excluding hydrogens is 413 g/mol. The lowest BCUT2D eigenvalue weighted by atomic mass is 10.1. The molecule has 2 aliphatic rings. The van der Waals surface area contributed by atoms with Gasteiger partial charge in [0.05, 0.1) is 5.56 Å². The maximum absolute atomic E-state index is 12.7. The fourth-order valence-electron chi connectivity index (χ4n) is 4.09. The van der Waals surface area contributed by atoms with Gasteiger partial charge in [-0.3, -0.25) is 4.90 Å². The maximum atomic E-state index is 12.7. The van der Waals surface area contributed by atoms with Crippen LogP contribution in [0.15, 0.2) is 42.6 Å². The summed E-state index contributed by atoms with van der Waals surface area (Å²) in [7, 11) is 0. The van der Waals surface area contributed by atoms with Crippen molar-refractivity contribution in [2.75, 3.05) is 57.3 Å². The van der Waals surface area contributed by atoms with Crippen LogP contribution in [0.2, 0.25) is 0 Å². The number of hydrogen-bond donors (Lipinski definition) is 0. The number of alkyl halides is 3. The SMILES string of the molecule is Cl.FC(F)(F)c1ccc(-c2ccc(N3CCN(CCN4CCCC4)CC3)nc2)cc1. The Labute approximate surface area is 182 Å². The summed E-state index contributed by atoms with van der Waals surface area (Å²) in [6.07, 6.45) is 0.110. The normalized spacial score (nSPS) is 18.4. The lowest BCUT2D eigenvalue weighted by Gasteiger charge is -2.36. The first-order chi connectivity index (χ1) is 14.0. The molecule has 1 aromatic carbocycles. The highest BCUT2D eigenvalue weighted by molar-refractivity contribution is 5.85. The molecule has 1 aromatic heterocycles. The molecule has 0 atom stereocenters. The fraction of sp³-hybridized carbons (Fsp3) is 0.500. The lowest BCUT2D eigenvalue weighted by Crippen LogP contribution is -2.48. The first-order valence-electron chi connectivity index (χ1n) is 10.3. The van der Waals surface area contributed by atoms with Crippen molar-refractivity contribution in [2.45, 2.75) is 19.0 Å². The van der Waals surface area contributed by atoms with E-state index < -0.39 is 11.7 Å². The lowest BCUT2D eigenvalue weighted by molar-refractivity contribution is -0.137. The van der Waals surface area contributed by atoms with Crippen molar-refractivity contribution in [3.05, 3.63) is 48.2 Å². The smallest absolute Gasteiger partial charge is 0.354 e. The van der Waals surface area contributed by atoms with E-state index in [0.717, 1.165) is 61.8 Å². The molecule has 30 heavy (non-hydrogen) atoms. The van der Waals surface area contributed by atoms with Gasteiger partial charge in [0.25, 0.3) is 0 Å². The molecule has 3 heterocycles. The molecule has 8 heteroatoms. The van der Waals surface area contributed by atoms with Crippen LogP contribution in [-0.4, -0.2) is 67.1 Å². The highest BCUT2D eigenvalue weighted by atomic mass is 35.5. The van der Waals surface area contributed by atoms with Crippen molar-refractivity contribution in [2.24, 2.45) is 0 Å². The van der Waals surface area contributed by atoms with Gasteiger partial charge in [-0.2, -0.15) is 13.2 Å².